The summed E-state index contributed by atoms with van der Waals surface area (Å²) in [7, 11) is 0. The second-order valence-electron chi connectivity index (χ2n) is 2.26. The topological polar surface area (TPSA) is 26.3 Å². The predicted octanol–water partition coefficient (Wildman–Crippen LogP) is -0.427. The summed E-state index contributed by atoms with van der Waals surface area (Å²) in [5.41, 5.74) is -0.139. The molecule has 0 atom stereocenters. The minimum atomic E-state index is -0.139. The molecule has 3 heteroatoms. The molecule has 1 aliphatic heterocycles. The Kier molecular flexibility index (Phi) is 3.20. The molecule has 0 unspecified atom stereocenters. The van der Waals surface area contributed by atoms with E-state index in [1.165, 1.54) is 0 Å². The van der Waals surface area contributed by atoms with Gasteiger partial charge in [0.15, 0.2) is 0 Å². The van der Waals surface area contributed by atoms with Crippen molar-refractivity contribution in [3.63, 3.8) is 0 Å². The molecule has 1 rings (SSSR count). The number of hydrogen-bond donors (Lipinski definition) is 0. The summed E-state index contributed by atoms with van der Waals surface area (Å²) in [6.45, 7) is 3.11. The summed E-state index contributed by atoms with van der Waals surface area (Å²) in [6, 6.07) is 0. The summed E-state index contributed by atoms with van der Waals surface area (Å²) < 4.78 is 4.80. The van der Waals surface area contributed by atoms with Crippen molar-refractivity contribution in [1.29, 1.82) is 0 Å². The number of ether oxygens (including phenoxy) is 1. The molecule has 1 saturated heterocycles. The van der Waals surface area contributed by atoms with Gasteiger partial charge in [0.2, 0.25) is 0 Å². The van der Waals surface area contributed by atoms with Crippen molar-refractivity contribution >= 4 is 35.8 Å². The maximum atomic E-state index is 10.0. The normalized spacial score (nSPS) is 22.6. The molecular weight excluding hydrogens is 115 g/mol. The van der Waals surface area contributed by atoms with Crippen molar-refractivity contribution in [2.75, 3.05) is 13.2 Å². The third-order valence-electron chi connectivity index (χ3n) is 1.15. The first-order valence-electron chi connectivity index (χ1n) is 2.31. The first-order chi connectivity index (χ1) is 3.27. The van der Waals surface area contributed by atoms with Gasteiger partial charge in [-0.15, -0.1) is 0 Å². The van der Waals surface area contributed by atoms with Gasteiger partial charge in [-0.2, -0.15) is 0 Å². The average Bonchev–Trinajstić information content (AvgIpc) is 1.61. The van der Waals surface area contributed by atoms with Crippen LogP contribution in [0.4, 0.5) is 0 Å². The molecular formula is C5H9NaO2. The fraction of sp³-hybridized carbons (Fsp3) is 0.800. The van der Waals surface area contributed by atoms with Gasteiger partial charge in [0.1, 0.15) is 6.29 Å². The number of carbonyl (C=O) groups is 1. The van der Waals surface area contributed by atoms with Crippen molar-refractivity contribution in [3.05, 3.63) is 0 Å². The zero-order valence-electron chi connectivity index (χ0n) is 4.31. The van der Waals surface area contributed by atoms with Crippen molar-refractivity contribution < 1.29 is 9.53 Å². The van der Waals surface area contributed by atoms with Crippen molar-refractivity contribution in [2.24, 2.45) is 5.41 Å². The second-order valence-corrected chi connectivity index (χ2v) is 2.26. The van der Waals surface area contributed by atoms with Gasteiger partial charge in [-0.25, -0.2) is 0 Å². The first kappa shape index (κ1) is 8.63. The molecule has 0 radical (unpaired) electrons. The average molecular weight is 124 g/mol. The van der Waals surface area contributed by atoms with Crippen LogP contribution >= 0.6 is 0 Å². The predicted molar refractivity (Wildman–Crippen MR) is 32.1 cm³/mol. The van der Waals surface area contributed by atoms with E-state index in [1.807, 2.05) is 6.92 Å². The van der Waals surface area contributed by atoms with Crippen LogP contribution in [-0.2, 0) is 9.53 Å². The van der Waals surface area contributed by atoms with Crippen LogP contribution in [0.3, 0.4) is 0 Å². The van der Waals surface area contributed by atoms with Gasteiger partial charge in [-0.1, -0.05) is 0 Å². The molecule has 42 valence electrons. The molecule has 1 heterocycles. The Balaban J connectivity index is 0.000000490. The van der Waals surface area contributed by atoms with E-state index in [0.29, 0.717) is 13.2 Å². The van der Waals surface area contributed by atoms with E-state index in [4.69, 9.17) is 4.74 Å². The molecule has 0 aromatic heterocycles. The second kappa shape index (κ2) is 2.97. The van der Waals surface area contributed by atoms with Gasteiger partial charge in [-0.05, 0) is 6.92 Å². The zero-order chi connectivity index (χ0) is 5.33. The summed E-state index contributed by atoms with van der Waals surface area (Å²) >= 11 is 0. The van der Waals surface area contributed by atoms with E-state index in [1.54, 1.807) is 0 Å². The Bertz CT molecular complexity index is 88.4. The van der Waals surface area contributed by atoms with Crippen molar-refractivity contribution in [3.8, 4) is 0 Å². The Morgan fingerprint density at radius 2 is 2.12 bits per heavy atom. The molecule has 8 heavy (non-hydrogen) atoms. The molecule has 0 amide bonds. The van der Waals surface area contributed by atoms with Gasteiger partial charge < -0.3 is 9.53 Å². The van der Waals surface area contributed by atoms with E-state index in [9.17, 15) is 4.79 Å². The fourth-order valence-electron chi connectivity index (χ4n) is 0.492. The third kappa shape index (κ3) is 1.55. The SMILES string of the molecule is CC1(C=O)COC1.[NaH]. The Morgan fingerprint density at radius 1 is 1.62 bits per heavy atom. The van der Waals surface area contributed by atoms with Crippen LogP contribution in [0.15, 0.2) is 0 Å². The first-order valence-corrected chi connectivity index (χ1v) is 2.31. The van der Waals surface area contributed by atoms with Crippen LogP contribution in [0.25, 0.3) is 0 Å². The molecule has 1 fully saturated rings. The Morgan fingerprint density at radius 3 is 2.12 bits per heavy atom. The van der Waals surface area contributed by atoms with E-state index < -0.39 is 0 Å². The van der Waals surface area contributed by atoms with Gasteiger partial charge in [0.05, 0.1) is 18.6 Å². The molecule has 0 spiro atoms. The van der Waals surface area contributed by atoms with Gasteiger partial charge in [0.25, 0.3) is 0 Å². The maximum absolute atomic E-state index is 10.0. The van der Waals surface area contributed by atoms with Gasteiger partial charge in [0, 0.05) is 0 Å². The summed E-state index contributed by atoms with van der Waals surface area (Å²) in [5, 5.41) is 0. The molecule has 0 N–H and O–H groups in total. The van der Waals surface area contributed by atoms with Crippen LogP contribution in [0, 0.1) is 5.41 Å². The van der Waals surface area contributed by atoms with Crippen LogP contribution in [-0.4, -0.2) is 49.1 Å². The molecule has 0 aromatic rings. The van der Waals surface area contributed by atoms with Crippen LogP contribution in [0.5, 0.6) is 0 Å². The summed E-state index contributed by atoms with van der Waals surface area (Å²) in [6.07, 6.45) is 0.955. The fourth-order valence-corrected chi connectivity index (χ4v) is 0.492. The Hall–Kier alpha value is 0.630. The summed E-state index contributed by atoms with van der Waals surface area (Å²) in [4.78, 5) is 10.0. The van der Waals surface area contributed by atoms with E-state index >= 15 is 0 Å². The molecule has 0 aliphatic carbocycles. The van der Waals surface area contributed by atoms with Crippen molar-refractivity contribution in [1.82, 2.24) is 0 Å². The minimum absolute atomic E-state index is 0. The van der Waals surface area contributed by atoms with Gasteiger partial charge >= 0.3 is 29.6 Å². The third-order valence-corrected chi connectivity index (χ3v) is 1.15. The van der Waals surface area contributed by atoms with E-state index in [0.717, 1.165) is 6.29 Å². The standard InChI is InChI=1S/C5H8O2.Na.H/c1-5(2-6)3-7-4-5;;/h2H,3-4H2,1H3;;. The number of carbonyl (C=O) groups excluding carboxylic acids is 1. The molecule has 0 bridgehead atoms. The number of rotatable bonds is 1. The number of hydrogen-bond acceptors (Lipinski definition) is 2. The molecule has 0 aromatic carbocycles. The number of aldehydes is 1. The zero-order valence-corrected chi connectivity index (χ0v) is 4.31. The van der Waals surface area contributed by atoms with E-state index in [-0.39, 0.29) is 35.0 Å². The molecule has 0 saturated carbocycles. The molecule has 2 nitrogen and oxygen atoms in total. The van der Waals surface area contributed by atoms with Crippen molar-refractivity contribution in [2.45, 2.75) is 6.92 Å². The van der Waals surface area contributed by atoms with E-state index in [2.05, 4.69) is 0 Å². The monoisotopic (exact) mass is 124 g/mol. The Labute approximate surface area is 70.9 Å². The summed E-state index contributed by atoms with van der Waals surface area (Å²) in [5.74, 6) is 0. The molecule has 1 aliphatic rings. The van der Waals surface area contributed by atoms with Crippen LogP contribution in [0.2, 0.25) is 0 Å². The van der Waals surface area contributed by atoms with Crippen LogP contribution in [0.1, 0.15) is 6.92 Å². The van der Waals surface area contributed by atoms with Crippen LogP contribution < -0.4 is 0 Å². The quantitative estimate of drug-likeness (QED) is 0.350. The van der Waals surface area contributed by atoms with Gasteiger partial charge in [-0.3, -0.25) is 0 Å².